The summed E-state index contributed by atoms with van der Waals surface area (Å²) in [5.41, 5.74) is 2.15. The number of carboxylic acid groups (broad SMARTS) is 1. The number of hydrogen-bond acceptors (Lipinski definition) is 3. The van der Waals surface area contributed by atoms with Crippen molar-refractivity contribution in [3.63, 3.8) is 0 Å². The van der Waals surface area contributed by atoms with Crippen LogP contribution in [-0.4, -0.2) is 22.6 Å². The number of nitrogens with zero attached hydrogens (tertiary/aromatic N) is 1. The summed E-state index contributed by atoms with van der Waals surface area (Å²) in [7, 11) is 0. The van der Waals surface area contributed by atoms with Gasteiger partial charge in [-0.3, -0.25) is 9.78 Å². The molecule has 1 fully saturated rings. The van der Waals surface area contributed by atoms with Crippen molar-refractivity contribution in [2.75, 3.05) is 11.9 Å². The minimum Gasteiger partial charge on any atom is -0.481 e. The number of aromatic nitrogens is 1. The molecule has 98 valence electrons. The van der Waals surface area contributed by atoms with Crippen LogP contribution in [-0.2, 0) is 4.79 Å². The molecular formula is C14H20N2O2. The van der Waals surface area contributed by atoms with Crippen molar-refractivity contribution in [1.29, 1.82) is 0 Å². The Bertz CT molecular complexity index is 420. The Balaban J connectivity index is 1.96. The maximum atomic E-state index is 11.2. The number of aliphatic carboxylic acids is 1. The molecular weight excluding hydrogens is 228 g/mol. The topological polar surface area (TPSA) is 62.2 Å². The second-order valence-corrected chi connectivity index (χ2v) is 5.06. The van der Waals surface area contributed by atoms with Crippen LogP contribution < -0.4 is 5.32 Å². The average molecular weight is 248 g/mol. The molecule has 4 nitrogen and oxygen atoms in total. The first-order chi connectivity index (χ1) is 8.68. The number of nitrogens with one attached hydrogen (secondary N) is 1. The molecule has 0 amide bonds. The Morgan fingerprint density at radius 1 is 1.50 bits per heavy atom. The number of carboxylic acids is 1. The van der Waals surface area contributed by atoms with Crippen molar-refractivity contribution >= 4 is 11.7 Å². The summed E-state index contributed by atoms with van der Waals surface area (Å²) in [6.07, 6.45) is 7.58. The Morgan fingerprint density at radius 3 is 3.00 bits per heavy atom. The third-order valence-electron chi connectivity index (χ3n) is 3.80. The normalized spacial score (nSPS) is 23.6. The molecule has 1 aromatic rings. The number of anilines is 1. The first kappa shape index (κ1) is 12.9. The van der Waals surface area contributed by atoms with Crippen LogP contribution in [0.1, 0.15) is 31.2 Å². The fourth-order valence-corrected chi connectivity index (χ4v) is 2.69. The third kappa shape index (κ3) is 3.00. The van der Waals surface area contributed by atoms with Gasteiger partial charge < -0.3 is 10.4 Å². The molecule has 1 saturated carbocycles. The molecule has 0 radical (unpaired) electrons. The van der Waals surface area contributed by atoms with Gasteiger partial charge in [0.15, 0.2) is 0 Å². The molecule has 0 aromatic carbocycles. The van der Waals surface area contributed by atoms with E-state index < -0.39 is 5.97 Å². The van der Waals surface area contributed by atoms with Crippen LogP contribution in [0.5, 0.6) is 0 Å². The monoisotopic (exact) mass is 248 g/mol. The molecule has 2 N–H and O–H groups in total. The van der Waals surface area contributed by atoms with Crippen LogP contribution in [0.15, 0.2) is 18.5 Å². The molecule has 1 aliphatic rings. The number of aryl methyl sites for hydroxylation is 1. The molecule has 4 heteroatoms. The zero-order valence-corrected chi connectivity index (χ0v) is 10.7. The van der Waals surface area contributed by atoms with Crippen LogP contribution in [0.3, 0.4) is 0 Å². The molecule has 0 aliphatic heterocycles. The molecule has 0 saturated heterocycles. The minimum absolute atomic E-state index is 0.187. The molecule has 2 rings (SSSR count). The third-order valence-corrected chi connectivity index (χ3v) is 3.80. The van der Waals surface area contributed by atoms with Crippen molar-refractivity contribution in [2.24, 2.45) is 11.8 Å². The molecule has 1 aliphatic carbocycles. The van der Waals surface area contributed by atoms with Crippen LogP contribution in [0, 0.1) is 18.8 Å². The Hall–Kier alpha value is -1.58. The Morgan fingerprint density at radius 2 is 2.28 bits per heavy atom. The SMILES string of the molecule is Cc1cnccc1NCC1CCCCC1C(=O)O. The maximum absolute atomic E-state index is 11.2. The van der Waals surface area contributed by atoms with Crippen LogP contribution in [0.2, 0.25) is 0 Å². The lowest BCUT2D eigenvalue weighted by molar-refractivity contribution is -0.144. The first-order valence-electron chi connectivity index (χ1n) is 6.56. The van der Waals surface area contributed by atoms with E-state index in [1.165, 1.54) is 0 Å². The van der Waals surface area contributed by atoms with Crippen molar-refractivity contribution < 1.29 is 9.90 Å². The van der Waals surface area contributed by atoms with E-state index in [0.717, 1.165) is 43.5 Å². The van der Waals surface area contributed by atoms with Gasteiger partial charge in [0, 0.05) is 24.6 Å². The smallest absolute Gasteiger partial charge is 0.306 e. The van der Waals surface area contributed by atoms with E-state index in [4.69, 9.17) is 0 Å². The van der Waals surface area contributed by atoms with E-state index in [-0.39, 0.29) is 11.8 Å². The van der Waals surface area contributed by atoms with Gasteiger partial charge >= 0.3 is 5.97 Å². The maximum Gasteiger partial charge on any atom is 0.306 e. The van der Waals surface area contributed by atoms with Gasteiger partial charge in [0.25, 0.3) is 0 Å². The summed E-state index contributed by atoms with van der Waals surface area (Å²) in [4.78, 5) is 15.3. The molecule has 1 aromatic heterocycles. The molecule has 18 heavy (non-hydrogen) atoms. The van der Waals surface area contributed by atoms with Gasteiger partial charge in [0.05, 0.1) is 5.92 Å². The molecule has 2 unspecified atom stereocenters. The largest absolute Gasteiger partial charge is 0.481 e. The fourth-order valence-electron chi connectivity index (χ4n) is 2.69. The van der Waals surface area contributed by atoms with Gasteiger partial charge in [0.1, 0.15) is 0 Å². The van der Waals surface area contributed by atoms with E-state index in [0.29, 0.717) is 0 Å². The van der Waals surface area contributed by atoms with Crippen molar-refractivity contribution in [2.45, 2.75) is 32.6 Å². The van der Waals surface area contributed by atoms with Crippen molar-refractivity contribution in [3.05, 3.63) is 24.0 Å². The van der Waals surface area contributed by atoms with Gasteiger partial charge in [-0.25, -0.2) is 0 Å². The Labute approximate surface area is 107 Å². The predicted octanol–water partition coefficient (Wildman–Crippen LogP) is 2.69. The van der Waals surface area contributed by atoms with Crippen molar-refractivity contribution in [1.82, 2.24) is 4.98 Å². The molecule has 0 bridgehead atoms. The van der Waals surface area contributed by atoms with Gasteiger partial charge in [0.2, 0.25) is 0 Å². The van der Waals surface area contributed by atoms with E-state index in [1.807, 2.05) is 19.2 Å². The van der Waals surface area contributed by atoms with E-state index in [2.05, 4.69) is 10.3 Å². The van der Waals surface area contributed by atoms with Gasteiger partial charge in [-0.05, 0) is 37.3 Å². The predicted molar refractivity (Wildman–Crippen MR) is 70.5 cm³/mol. The van der Waals surface area contributed by atoms with E-state index in [9.17, 15) is 9.90 Å². The minimum atomic E-state index is -0.645. The standard InChI is InChI=1S/C14H20N2O2/c1-10-8-15-7-6-13(10)16-9-11-4-2-3-5-12(11)14(17)18/h6-8,11-12H,2-5,9H2,1H3,(H,15,16)(H,17,18). The highest BCUT2D eigenvalue weighted by molar-refractivity contribution is 5.70. The highest BCUT2D eigenvalue weighted by Crippen LogP contribution is 2.30. The number of hydrogen-bond donors (Lipinski definition) is 2. The Kier molecular flexibility index (Phi) is 4.18. The van der Waals surface area contributed by atoms with Gasteiger partial charge in [-0.15, -0.1) is 0 Å². The zero-order valence-electron chi connectivity index (χ0n) is 10.7. The second-order valence-electron chi connectivity index (χ2n) is 5.06. The average Bonchev–Trinajstić information content (AvgIpc) is 2.38. The van der Waals surface area contributed by atoms with Crippen LogP contribution in [0.25, 0.3) is 0 Å². The summed E-state index contributed by atoms with van der Waals surface area (Å²) in [6.45, 7) is 2.74. The first-order valence-corrected chi connectivity index (χ1v) is 6.56. The summed E-state index contributed by atoms with van der Waals surface area (Å²) < 4.78 is 0. The lowest BCUT2D eigenvalue weighted by atomic mass is 9.79. The van der Waals surface area contributed by atoms with E-state index in [1.54, 1.807) is 6.20 Å². The highest BCUT2D eigenvalue weighted by Gasteiger charge is 2.30. The summed E-state index contributed by atoms with van der Waals surface area (Å²) >= 11 is 0. The molecule has 1 heterocycles. The second kappa shape index (κ2) is 5.85. The lowest BCUT2D eigenvalue weighted by Gasteiger charge is -2.29. The van der Waals surface area contributed by atoms with E-state index >= 15 is 0 Å². The summed E-state index contributed by atoms with van der Waals surface area (Å²) in [6, 6.07) is 1.94. The van der Waals surface area contributed by atoms with Crippen LogP contribution >= 0.6 is 0 Å². The van der Waals surface area contributed by atoms with Crippen LogP contribution in [0.4, 0.5) is 5.69 Å². The van der Waals surface area contributed by atoms with Gasteiger partial charge in [-0.2, -0.15) is 0 Å². The zero-order chi connectivity index (χ0) is 13.0. The summed E-state index contributed by atoms with van der Waals surface area (Å²) in [5.74, 6) is -0.592. The fraction of sp³-hybridized carbons (Fsp3) is 0.571. The summed E-state index contributed by atoms with van der Waals surface area (Å²) in [5, 5.41) is 12.6. The van der Waals surface area contributed by atoms with Gasteiger partial charge in [-0.1, -0.05) is 12.8 Å². The highest BCUT2D eigenvalue weighted by atomic mass is 16.4. The van der Waals surface area contributed by atoms with Crippen molar-refractivity contribution in [3.8, 4) is 0 Å². The molecule has 2 atom stereocenters. The number of pyridine rings is 1. The number of carbonyl (C=O) groups is 1. The lowest BCUT2D eigenvalue weighted by Crippen LogP contribution is -2.31. The number of rotatable bonds is 4. The molecule has 0 spiro atoms. The quantitative estimate of drug-likeness (QED) is 0.860.